The van der Waals surface area contributed by atoms with E-state index in [-0.39, 0.29) is 11.7 Å². The van der Waals surface area contributed by atoms with Crippen LogP contribution < -0.4 is 0 Å². The van der Waals surface area contributed by atoms with Crippen LogP contribution in [0.1, 0.15) is 27.2 Å². The molecule has 3 N–H and O–H groups in total. The van der Waals surface area contributed by atoms with Crippen molar-refractivity contribution in [3.8, 4) is 0 Å². The first-order valence-corrected chi connectivity index (χ1v) is 5.63. The number of carbonyl (C=O) groups excluding carboxylic acids is 1. The summed E-state index contributed by atoms with van der Waals surface area (Å²) in [5, 5.41) is 28.9. The Hall–Kier alpha value is -0.490. The van der Waals surface area contributed by atoms with E-state index in [0.717, 1.165) is 0 Å². The Morgan fingerprint density at radius 3 is 2.19 bits per heavy atom. The molecule has 5 unspecified atom stereocenters. The number of rotatable bonds is 3. The summed E-state index contributed by atoms with van der Waals surface area (Å²) in [6.07, 6.45) is -4.99. The van der Waals surface area contributed by atoms with Gasteiger partial charge in [0.1, 0.15) is 24.4 Å². The van der Waals surface area contributed by atoms with Gasteiger partial charge >= 0.3 is 0 Å². The molecule has 0 amide bonds. The fourth-order valence-corrected chi connectivity index (χ4v) is 1.85. The summed E-state index contributed by atoms with van der Waals surface area (Å²) in [6, 6.07) is 0. The van der Waals surface area contributed by atoms with Gasteiger partial charge in [-0.3, -0.25) is 4.79 Å². The maximum Gasteiger partial charge on any atom is 0.166 e. The van der Waals surface area contributed by atoms with E-state index >= 15 is 0 Å². The Morgan fingerprint density at radius 1 is 1.19 bits per heavy atom. The number of ketones is 1. The van der Waals surface area contributed by atoms with Crippen LogP contribution in [-0.4, -0.2) is 51.6 Å². The Kier molecular flexibility index (Phi) is 4.43. The van der Waals surface area contributed by atoms with Crippen molar-refractivity contribution in [1.29, 1.82) is 0 Å². The molecule has 1 aliphatic rings. The smallest absolute Gasteiger partial charge is 0.166 e. The summed E-state index contributed by atoms with van der Waals surface area (Å²) in [4.78, 5) is 11.7. The van der Waals surface area contributed by atoms with Crippen LogP contribution in [0.3, 0.4) is 0 Å². The van der Waals surface area contributed by atoms with Crippen molar-refractivity contribution < 1.29 is 24.9 Å². The molecule has 0 aromatic heterocycles. The van der Waals surface area contributed by atoms with E-state index in [4.69, 9.17) is 4.74 Å². The van der Waals surface area contributed by atoms with Crippen LogP contribution in [-0.2, 0) is 9.53 Å². The number of carbonyl (C=O) groups is 1. The van der Waals surface area contributed by atoms with Gasteiger partial charge in [-0.25, -0.2) is 0 Å². The molecule has 1 aliphatic heterocycles. The Morgan fingerprint density at radius 2 is 1.75 bits per heavy atom. The van der Waals surface area contributed by atoms with Gasteiger partial charge in [0.25, 0.3) is 0 Å². The van der Waals surface area contributed by atoms with Crippen LogP contribution in [0.15, 0.2) is 0 Å². The number of aliphatic hydroxyl groups excluding tert-OH is 3. The molecular weight excluding hydrogens is 212 g/mol. The summed E-state index contributed by atoms with van der Waals surface area (Å²) < 4.78 is 5.34. The van der Waals surface area contributed by atoms with E-state index < -0.39 is 30.5 Å². The van der Waals surface area contributed by atoms with Gasteiger partial charge < -0.3 is 20.1 Å². The van der Waals surface area contributed by atoms with Gasteiger partial charge in [-0.1, -0.05) is 20.8 Å². The lowest BCUT2D eigenvalue weighted by Crippen LogP contribution is -2.60. The zero-order valence-electron chi connectivity index (χ0n) is 9.83. The highest BCUT2D eigenvalue weighted by atomic mass is 16.5. The third-order valence-electron chi connectivity index (χ3n) is 2.96. The predicted molar refractivity (Wildman–Crippen MR) is 56.8 cm³/mol. The maximum absolute atomic E-state index is 11.7. The SMILES string of the molecule is CCC1OC(C(=O)C(C)C)C(O)C(O)C1O. The van der Waals surface area contributed by atoms with Crippen molar-refractivity contribution in [3.63, 3.8) is 0 Å². The molecule has 5 atom stereocenters. The molecule has 0 radical (unpaired) electrons. The summed E-state index contributed by atoms with van der Waals surface area (Å²) in [5.41, 5.74) is 0. The van der Waals surface area contributed by atoms with E-state index in [1.807, 2.05) is 0 Å². The van der Waals surface area contributed by atoms with E-state index in [9.17, 15) is 20.1 Å². The molecule has 16 heavy (non-hydrogen) atoms. The Bertz CT molecular complexity index is 251. The Balaban J connectivity index is 2.82. The maximum atomic E-state index is 11.7. The van der Waals surface area contributed by atoms with Gasteiger partial charge in [0.2, 0.25) is 0 Å². The van der Waals surface area contributed by atoms with Gasteiger partial charge in [0.15, 0.2) is 5.78 Å². The second-order valence-corrected chi connectivity index (χ2v) is 4.53. The zero-order valence-corrected chi connectivity index (χ0v) is 9.83. The monoisotopic (exact) mass is 232 g/mol. The predicted octanol–water partition coefficient (Wildman–Crippen LogP) is -0.528. The number of Topliss-reactive ketones (excluding diaryl/α,β-unsaturated/α-hetero) is 1. The number of hydrogen-bond acceptors (Lipinski definition) is 5. The van der Waals surface area contributed by atoms with Gasteiger partial charge in [-0.2, -0.15) is 0 Å². The first kappa shape index (κ1) is 13.6. The molecule has 0 spiro atoms. The third-order valence-corrected chi connectivity index (χ3v) is 2.96. The lowest BCUT2D eigenvalue weighted by atomic mass is 9.89. The molecule has 0 bridgehead atoms. The zero-order chi connectivity index (χ0) is 12.5. The summed E-state index contributed by atoms with van der Waals surface area (Å²) in [6.45, 7) is 5.20. The van der Waals surface area contributed by atoms with E-state index in [1.54, 1.807) is 20.8 Å². The molecule has 1 heterocycles. The highest BCUT2D eigenvalue weighted by molar-refractivity contribution is 5.85. The average Bonchev–Trinajstić information content (AvgIpc) is 2.25. The molecular formula is C11H20O5. The van der Waals surface area contributed by atoms with Crippen LogP contribution in [0.2, 0.25) is 0 Å². The summed E-state index contributed by atoms with van der Waals surface area (Å²) in [7, 11) is 0. The van der Waals surface area contributed by atoms with Crippen molar-refractivity contribution in [2.24, 2.45) is 5.92 Å². The molecule has 5 nitrogen and oxygen atoms in total. The fourth-order valence-electron chi connectivity index (χ4n) is 1.85. The fraction of sp³-hybridized carbons (Fsp3) is 0.909. The molecule has 0 aromatic carbocycles. The number of hydrogen-bond donors (Lipinski definition) is 3. The minimum absolute atomic E-state index is 0.253. The second kappa shape index (κ2) is 5.23. The topological polar surface area (TPSA) is 87.0 Å². The highest BCUT2D eigenvalue weighted by Crippen LogP contribution is 2.25. The minimum atomic E-state index is -1.35. The first-order chi connectivity index (χ1) is 7.40. The van der Waals surface area contributed by atoms with Crippen molar-refractivity contribution in [3.05, 3.63) is 0 Å². The van der Waals surface area contributed by atoms with Crippen LogP contribution in [0.4, 0.5) is 0 Å². The molecule has 0 saturated carbocycles. The van der Waals surface area contributed by atoms with Gasteiger partial charge in [-0.15, -0.1) is 0 Å². The highest BCUT2D eigenvalue weighted by Gasteiger charge is 2.46. The van der Waals surface area contributed by atoms with Crippen LogP contribution in [0, 0.1) is 5.92 Å². The van der Waals surface area contributed by atoms with Crippen LogP contribution in [0.25, 0.3) is 0 Å². The van der Waals surface area contributed by atoms with Crippen molar-refractivity contribution >= 4 is 5.78 Å². The number of ether oxygens (including phenoxy) is 1. The van der Waals surface area contributed by atoms with E-state index in [1.165, 1.54) is 0 Å². The average molecular weight is 232 g/mol. The van der Waals surface area contributed by atoms with Gasteiger partial charge in [0.05, 0.1) is 6.10 Å². The first-order valence-electron chi connectivity index (χ1n) is 5.63. The summed E-state index contributed by atoms with van der Waals surface area (Å²) in [5.74, 6) is -0.531. The Labute approximate surface area is 95.0 Å². The molecule has 0 aliphatic carbocycles. The van der Waals surface area contributed by atoms with Gasteiger partial charge in [-0.05, 0) is 6.42 Å². The molecule has 5 heteroatoms. The summed E-state index contributed by atoms with van der Waals surface area (Å²) >= 11 is 0. The minimum Gasteiger partial charge on any atom is -0.388 e. The standard InChI is InChI=1S/C11H20O5/c1-4-6-8(13)9(14)10(15)11(16-6)7(12)5(2)3/h5-6,8-11,13-15H,4H2,1-3H3. The van der Waals surface area contributed by atoms with Crippen LogP contribution >= 0.6 is 0 Å². The largest absolute Gasteiger partial charge is 0.388 e. The molecule has 94 valence electrons. The molecule has 1 rings (SSSR count). The van der Waals surface area contributed by atoms with Crippen LogP contribution in [0.5, 0.6) is 0 Å². The molecule has 1 saturated heterocycles. The quantitative estimate of drug-likeness (QED) is 0.609. The van der Waals surface area contributed by atoms with Gasteiger partial charge in [0, 0.05) is 5.92 Å². The van der Waals surface area contributed by atoms with Crippen molar-refractivity contribution in [2.75, 3.05) is 0 Å². The second-order valence-electron chi connectivity index (χ2n) is 4.53. The number of aliphatic hydroxyl groups is 3. The lowest BCUT2D eigenvalue weighted by Gasteiger charge is -2.40. The van der Waals surface area contributed by atoms with E-state index in [2.05, 4.69) is 0 Å². The molecule has 1 fully saturated rings. The van der Waals surface area contributed by atoms with Crippen molar-refractivity contribution in [2.45, 2.75) is 57.7 Å². The third kappa shape index (κ3) is 2.43. The van der Waals surface area contributed by atoms with E-state index in [0.29, 0.717) is 6.42 Å². The lowest BCUT2D eigenvalue weighted by molar-refractivity contribution is -0.221. The molecule has 0 aromatic rings. The van der Waals surface area contributed by atoms with Crippen molar-refractivity contribution in [1.82, 2.24) is 0 Å². The normalized spacial score (nSPS) is 40.1.